The quantitative estimate of drug-likeness (QED) is 0.733. The number of nitrogens with zero attached hydrogens (tertiary/aromatic N) is 3. The first-order valence-electron chi connectivity index (χ1n) is 6.68. The predicted molar refractivity (Wildman–Crippen MR) is 67.3 cm³/mol. The van der Waals surface area contributed by atoms with Gasteiger partial charge in [0.2, 0.25) is 0 Å². The van der Waals surface area contributed by atoms with Gasteiger partial charge in [0.05, 0.1) is 0 Å². The fourth-order valence-corrected chi connectivity index (χ4v) is 2.66. The molecular formula is C12H26N4. The molecule has 2 fully saturated rings. The molecule has 0 bridgehead atoms. The normalized spacial score (nSPS) is 30.0. The van der Waals surface area contributed by atoms with Gasteiger partial charge < -0.3 is 10.2 Å². The van der Waals surface area contributed by atoms with Crippen molar-refractivity contribution in [2.75, 3.05) is 59.4 Å². The zero-order valence-corrected chi connectivity index (χ0v) is 10.8. The number of hydrogen-bond donors (Lipinski definition) is 1. The van der Waals surface area contributed by atoms with Gasteiger partial charge >= 0.3 is 0 Å². The molecule has 0 amide bonds. The van der Waals surface area contributed by atoms with E-state index in [1.807, 2.05) is 0 Å². The van der Waals surface area contributed by atoms with E-state index in [0.29, 0.717) is 0 Å². The molecule has 4 heteroatoms. The summed E-state index contributed by atoms with van der Waals surface area (Å²) in [6.45, 7) is 11.9. The first-order valence-corrected chi connectivity index (χ1v) is 6.68. The molecule has 0 aromatic carbocycles. The van der Waals surface area contributed by atoms with Gasteiger partial charge in [-0.25, -0.2) is 10.0 Å². The summed E-state index contributed by atoms with van der Waals surface area (Å²) in [6, 6.07) is 0. The number of piperazine rings is 1. The van der Waals surface area contributed by atoms with E-state index >= 15 is 0 Å². The van der Waals surface area contributed by atoms with Crippen LogP contribution in [0.1, 0.15) is 13.3 Å². The van der Waals surface area contributed by atoms with Crippen LogP contribution in [0.25, 0.3) is 0 Å². The predicted octanol–water partition coefficient (Wildman–Crippen LogP) is 0.0802. The highest BCUT2D eigenvalue weighted by Crippen LogP contribution is 2.18. The molecule has 2 heterocycles. The van der Waals surface area contributed by atoms with Gasteiger partial charge in [-0.05, 0) is 32.5 Å². The van der Waals surface area contributed by atoms with Crippen LogP contribution < -0.4 is 5.32 Å². The molecule has 0 aromatic rings. The molecule has 2 aliphatic rings. The fourth-order valence-electron chi connectivity index (χ4n) is 2.66. The van der Waals surface area contributed by atoms with Crippen LogP contribution in [0.5, 0.6) is 0 Å². The van der Waals surface area contributed by atoms with Crippen LogP contribution in [0.3, 0.4) is 0 Å². The maximum Gasteiger partial charge on any atom is 0.0261 e. The molecule has 4 nitrogen and oxygen atoms in total. The molecule has 1 atom stereocenters. The molecule has 2 rings (SSSR count). The number of hydrogen-bond acceptors (Lipinski definition) is 4. The van der Waals surface area contributed by atoms with E-state index in [2.05, 4.69) is 34.2 Å². The monoisotopic (exact) mass is 226 g/mol. The van der Waals surface area contributed by atoms with Crippen LogP contribution in [0.15, 0.2) is 0 Å². The van der Waals surface area contributed by atoms with Crippen LogP contribution in [0.4, 0.5) is 0 Å². The summed E-state index contributed by atoms with van der Waals surface area (Å²) in [6.07, 6.45) is 1.36. The second-order valence-electron chi connectivity index (χ2n) is 5.13. The van der Waals surface area contributed by atoms with Gasteiger partial charge in [0.1, 0.15) is 0 Å². The van der Waals surface area contributed by atoms with E-state index < -0.39 is 0 Å². The van der Waals surface area contributed by atoms with Gasteiger partial charge in [-0.15, -0.1) is 0 Å². The van der Waals surface area contributed by atoms with E-state index in [-0.39, 0.29) is 0 Å². The van der Waals surface area contributed by atoms with Crippen molar-refractivity contribution >= 4 is 0 Å². The van der Waals surface area contributed by atoms with Crippen molar-refractivity contribution in [1.29, 1.82) is 0 Å². The largest absolute Gasteiger partial charge is 0.317 e. The zero-order valence-electron chi connectivity index (χ0n) is 10.8. The van der Waals surface area contributed by atoms with Gasteiger partial charge in [0.25, 0.3) is 0 Å². The minimum atomic E-state index is 0.861. The summed E-state index contributed by atoms with van der Waals surface area (Å²) in [5.74, 6) is 0.861. The van der Waals surface area contributed by atoms with Crippen molar-refractivity contribution in [3.63, 3.8) is 0 Å². The molecule has 0 aromatic heterocycles. The fraction of sp³-hybridized carbons (Fsp3) is 1.00. The maximum absolute atomic E-state index is 3.47. The minimum Gasteiger partial charge on any atom is -0.317 e. The van der Waals surface area contributed by atoms with Crippen LogP contribution in [0, 0.1) is 5.92 Å². The average Bonchev–Trinajstić information content (AvgIpc) is 2.76. The van der Waals surface area contributed by atoms with Crippen molar-refractivity contribution in [2.24, 2.45) is 5.92 Å². The van der Waals surface area contributed by atoms with E-state index in [9.17, 15) is 0 Å². The molecule has 94 valence electrons. The Bertz CT molecular complexity index is 201. The molecule has 16 heavy (non-hydrogen) atoms. The summed E-state index contributed by atoms with van der Waals surface area (Å²) in [4.78, 5) is 2.42. The molecule has 2 aliphatic heterocycles. The third-order valence-corrected chi connectivity index (χ3v) is 3.83. The Morgan fingerprint density at radius 3 is 2.50 bits per heavy atom. The molecular weight excluding hydrogens is 200 g/mol. The highest BCUT2D eigenvalue weighted by Gasteiger charge is 2.27. The van der Waals surface area contributed by atoms with Gasteiger partial charge in [0.15, 0.2) is 0 Å². The lowest BCUT2D eigenvalue weighted by atomic mass is 10.1. The van der Waals surface area contributed by atoms with Crippen molar-refractivity contribution < 1.29 is 0 Å². The highest BCUT2D eigenvalue weighted by atomic mass is 15.6. The number of likely N-dealkylation sites (N-methyl/N-ethyl adjacent to an activating group) is 1. The standard InChI is InChI=1S/C12H26N4/c1-3-13-10-12-4-5-16(11-12)15-8-6-14(2)7-9-15/h12-13H,3-11H2,1-2H3. The Morgan fingerprint density at radius 2 is 1.81 bits per heavy atom. The van der Waals surface area contributed by atoms with E-state index in [1.54, 1.807) is 0 Å². The minimum absolute atomic E-state index is 0.861. The van der Waals surface area contributed by atoms with Gasteiger partial charge in [-0.1, -0.05) is 6.92 Å². The molecule has 1 N–H and O–H groups in total. The molecule has 0 saturated carbocycles. The number of rotatable bonds is 4. The summed E-state index contributed by atoms with van der Waals surface area (Å²) in [5.41, 5.74) is 0. The zero-order chi connectivity index (χ0) is 11.4. The van der Waals surface area contributed by atoms with Crippen molar-refractivity contribution in [3.8, 4) is 0 Å². The van der Waals surface area contributed by atoms with E-state index in [1.165, 1.54) is 52.2 Å². The molecule has 0 spiro atoms. The average molecular weight is 226 g/mol. The first kappa shape index (κ1) is 12.3. The molecule has 2 saturated heterocycles. The van der Waals surface area contributed by atoms with Gasteiger partial charge in [0, 0.05) is 39.3 Å². The van der Waals surface area contributed by atoms with Gasteiger partial charge in [-0.3, -0.25) is 0 Å². The Morgan fingerprint density at radius 1 is 1.06 bits per heavy atom. The van der Waals surface area contributed by atoms with Crippen LogP contribution >= 0.6 is 0 Å². The van der Waals surface area contributed by atoms with Crippen molar-refractivity contribution in [1.82, 2.24) is 20.2 Å². The summed E-state index contributed by atoms with van der Waals surface area (Å²) < 4.78 is 0. The lowest BCUT2D eigenvalue weighted by molar-refractivity contribution is -0.0381. The Hall–Kier alpha value is -0.160. The second kappa shape index (κ2) is 5.96. The molecule has 0 aliphatic carbocycles. The third kappa shape index (κ3) is 3.17. The topological polar surface area (TPSA) is 21.8 Å². The Balaban J connectivity index is 1.71. The summed E-state index contributed by atoms with van der Waals surface area (Å²) in [7, 11) is 2.22. The van der Waals surface area contributed by atoms with Crippen molar-refractivity contribution in [2.45, 2.75) is 13.3 Å². The summed E-state index contributed by atoms with van der Waals surface area (Å²) in [5, 5.41) is 8.61. The van der Waals surface area contributed by atoms with E-state index in [0.717, 1.165) is 12.5 Å². The lowest BCUT2D eigenvalue weighted by Gasteiger charge is -2.38. The first-order chi connectivity index (χ1) is 7.79. The van der Waals surface area contributed by atoms with Crippen molar-refractivity contribution in [3.05, 3.63) is 0 Å². The third-order valence-electron chi connectivity index (χ3n) is 3.83. The van der Waals surface area contributed by atoms with Crippen LogP contribution in [-0.4, -0.2) is 74.3 Å². The highest BCUT2D eigenvalue weighted by molar-refractivity contribution is 4.78. The van der Waals surface area contributed by atoms with Gasteiger partial charge in [-0.2, -0.15) is 0 Å². The molecule has 0 radical (unpaired) electrons. The smallest absolute Gasteiger partial charge is 0.0261 e. The maximum atomic E-state index is 3.47. The summed E-state index contributed by atoms with van der Waals surface area (Å²) >= 11 is 0. The number of nitrogens with one attached hydrogen (secondary N) is 1. The van der Waals surface area contributed by atoms with Crippen LogP contribution in [-0.2, 0) is 0 Å². The molecule has 1 unspecified atom stereocenters. The van der Waals surface area contributed by atoms with Crippen LogP contribution in [0.2, 0.25) is 0 Å². The Kier molecular flexibility index (Phi) is 4.58. The number of hydrazine groups is 1. The lowest BCUT2D eigenvalue weighted by Crippen LogP contribution is -2.52. The Labute approximate surface area is 99.5 Å². The second-order valence-corrected chi connectivity index (χ2v) is 5.13. The van der Waals surface area contributed by atoms with E-state index in [4.69, 9.17) is 0 Å². The SMILES string of the molecule is CCNCC1CCN(N2CCN(C)CC2)C1.